The summed E-state index contributed by atoms with van der Waals surface area (Å²) in [5.74, 6) is 0.473. The van der Waals surface area contributed by atoms with Crippen molar-refractivity contribution in [2.45, 2.75) is 39.3 Å². The maximum Gasteiger partial charge on any atom is 0.416 e. The summed E-state index contributed by atoms with van der Waals surface area (Å²) in [4.78, 5) is 22.8. The topological polar surface area (TPSA) is 75.5 Å². The molecule has 0 aromatic carbocycles. The van der Waals surface area contributed by atoms with Gasteiger partial charge in [0.05, 0.1) is 12.2 Å². The molecule has 0 spiro atoms. The van der Waals surface area contributed by atoms with E-state index in [4.69, 9.17) is 9.84 Å². The van der Waals surface area contributed by atoms with Crippen molar-refractivity contribution in [2.24, 2.45) is 0 Å². The zero-order valence-electron chi connectivity index (χ0n) is 14.3. The minimum atomic E-state index is -0.609. The summed E-state index contributed by atoms with van der Waals surface area (Å²) >= 11 is 0. The summed E-state index contributed by atoms with van der Waals surface area (Å²) in [6, 6.07) is 10.9. The Morgan fingerprint density at radius 2 is 1.92 bits per heavy atom. The second-order valence-corrected chi connectivity index (χ2v) is 6.35. The summed E-state index contributed by atoms with van der Waals surface area (Å²) in [5, 5.41) is 9.09. The fourth-order valence-electron chi connectivity index (χ4n) is 2.08. The summed E-state index contributed by atoms with van der Waals surface area (Å²) in [5.41, 5.74) is 0.838. The van der Waals surface area contributed by atoms with E-state index in [0.717, 1.165) is 5.69 Å². The molecular weight excluding hydrogens is 306 g/mol. The van der Waals surface area contributed by atoms with Gasteiger partial charge in [0, 0.05) is 24.9 Å². The Labute approximate surface area is 142 Å². The number of aliphatic hydroxyl groups is 1. The van der Waals surface area contributed by atoms with Crippen molar-refractivity contribution in [1.29, 1.82) is 0 Å². The Hall–Kier alpha value is -2.47. The van der Waals surface area contributed by atoms with Crippen LogP contribution >= 0.6 is 0 Å². The predicted molar refractivity (Wildman–Crippen MR) is 91.7 cm³/mol. The van der Waals surface area contributed by atoms with Gasteiger partial charge in [0.1, 0.15) is 11.4 Å². The van der Waals surface area contributed by atoms with Crippen molar-refractivity contribution in [3.63, 3.8) is 0 Å². The highest BCUT2D eigenvalue weighted by Gasteiger charge is 2.25. The molecule has 0 bridgehead atoms. The molecule has 0 aliphatic carbocycles. The van der Waals surface area contributed by atoms with E-state index in [9.17, 15) is 4.79 Å². The number of anilines is 1. The van der Waals surface area contributed by atoms with Crippen LogP contribution in [-0.4, -0.2) is 33.4 Å². The Morgan fingerprint density at radius 1 is 1.17 bits per heavy atom. The van der Waals surface area contributed by atoms with Gasteiger partial charge in [-0.2, -0.15) is 0 Å². The first-order chi connectivity index (χ1) is 11.4. The number of pyridine rings is 2. The molecular formula is C18H23N3O3. The second-order valence-electron chi connectivity index (χ2n) is 6.35. The number of amides is 1. The molecule has 0 aliphatic rings. The van der Waals surface area contributed by atoms with Gasteiger partial charge in [-0.25, -0.2) is 9.78 Å². The van der Waals surface area contributed by atoms with Gasteiger partial charge in [0.2, 0.25) is 0 Å². The molecule has 0 saturated heterocycles. The van der Waals surface area contributed by atoms with Crippen LogP contribution in [0.2, 0.25) is 0 Å². The zero-order chi connectivity index (χ0) is 17.6. The number of carbonyl (C=O) groups is 1. The van der Waals surface area contributed by atoms with Crippen LogP contribution in [0.1, 0.15) is 32.2 Å². The smallest absolute Gasteiger partial charge is 0.416 e. The van der Waals surface area contributed by atoms with Gasteiger partial charge in [-0.05, 0) is 45.0 Å². The first kappa shape index (κ1) is 17.9. The van der Waals surface area contributed by atoms with E-state index in [-0.39, 0.29) is 13.2 Å². The molecule has 24 heavy (non-hydrogen) atoms. The van der Waals surface area contributed by atoms with Crippen molar-refractivity contribution in [3.8, 4) is 0 Å². The predicted octanol–water partition coefficient (Wildman–Crippen LogP) is 2.95. The molecule has 6 heteroatoms. The van der Waals surface area contributed by atoms with Crippen LogP contribution in [0.15, 0.2) is 42.6 Å². The molecule has 128 valence electrons. The SMILES string of the molecule is CC(C)(C)OC(=O)N(Cc1ccccn1)c1cccc(CCO)n1. The number of aromatic nitrogens is 2. The van der Waals surface area contributed by atoms with Gasteiger partial charge in [-0.15, -0.1) is 0 Å². The fraction of sp³-hybridized carbons (Fsp3) is 0.389. The molecule has 0 aliphatic heterocycles. The van der Waals surface area contributed by atoms with Crippen LogP contribution in [0.3, 0.4) is 0 Å². The van der Waals surface area contributed by atoms with Crippen molar-refractivity contribution >= 4 is 11.9 Å². The molecule has 0 saturated carbocycles. The average Bonchev–Trinajstić information content (AvgIpc) is 2.52. The van der Waals surface area contributed by atoms with Crippen LogP contribution in [-0.2, 0) is 17.7 Å². The number of hydrogen-bond donors (Lipinski definition) is 1. The maximum absolute atomic E-state index is 12.6. The Kier molecular flexibility index (Phi) is 5.87. The number of aliphatic hydroxyl groups excluding tert-OH is 1. The highest BCUT2D eigenvalue weighted by molar-refractivity contribution is 5.86. The minimum Gasteiger partial charge on any atom is -0.443 e. The molecule has 0 atom stereocenters. The first-order valence-corrected chi connectivity index (χ1v) is 7.86. The molecule has 0 radical (unpaired) electrons. The van der Waals surface area contributed by atoms with E-state index in [2.05, 4.69) is 9.97 Å². The van der Waals surface area contributed by atoms with Gasteiger partial charge in [-0.1, -0.05) is 12.1 Å². The summed E-state index contributed by atoms with van der Waals surface area (Å²) in [6.45, 7) is 5.72. The minimum absolute atomic E-state index is 0.00311. The fourth-order valence-corrected chi connectivity index (χ4v) is 2.08. The second kappa shape index (κ2) is 7.88. The van der Waals surface area contributed by atoms with Gasteiger partial charge >= 0.3 is 6.09 Å². The Balaban J connectivity index is 2.31. The molecule has 2 aromatic heterocycles. The first-order valence-electron chi connectivity index (χ1n) is 7.86. The monoisotopic (exact) mass is 329 g/mol. The van der Waals surface area contributed by atoms with Crippen LogP contribution in [0.25, 0.3) is 0 Å². The standard InChI is InChI=1S/C18H23N3O3/c1-18(2,3)24-17(23)21(13-15-7-4-5-11-19-15)16-9-6-8-14(20-16)10-12-22/h4-9,11,22H,10,12-13H2,1-3H3. The van der Waals surface area contributed by atoms with Gasteiger partial charge < -0.3 is 9.84 Å². The molecule has 6 nitrogen and oxygen atoms in total. The molecule has 2 aromatic rings. The molecule has 2 heterocycles. The van der Waals surface area contributed by atoms with Crippen molar-refractivity contribution in [3.05, 3.63) is 54.0 Å². The normalized spacial score (nSPS) is 11.2. The van der Waals surface area contributed by atoms with E-state index in [1.54, 1.807) is 12.3 Å². The van der Waals surface area contributed by atoms with Crippen molar-refractivity contribution in [1.82, 2.24) is 9.97 Å². The zero-order valence-corrected chi connectivity index (χ0v) is 14.3. The van der Waals surface area contributed by atoms with Crippen molar-refractivity contribution < 1.29 is 14.6 Å². The van der Waals surface area contributed by atoms with Gasteiger partial charge in [0.25, 0.3) is 0 Å². The molecule has 1 N–H and O–H groups in total. The lowest BCUT2D eigenvalue weighted by molar-refractivity contribution is 0.0576. The van der Waals surface area contributed by atoms with E-state index in [1.807, 2.05) is 51.1 Å². The third-order valence-electron chi connectivity index (χ3n) is 3.10. The highest BCUT2D eigenvalue weighted by atomic mass is 16.6. The van der Waals surface area contributed by atoms with E-state index < -0.39 is 11.7 Å². The van der Waals surface area contributed by atoms with E-state index >= 15 is 0 Å². The highest BCUT2D eigenvalue weighted by Crippen LogP contribution is 2.19. The molecule has 0 fully saturated rings. The number of hydrogen-bond acceptors (Lipinski definition) is 5. The molecule has 1 amide bonds. The van der Waals surface area contributed by atoms with Crippen LogP contribution in [0, 0.1) is 0 Å². The van der Waals surface area contributed by atoms with Crippen LogP contribution in [0.5, 0.6) is 0 Å². The number of nitrogens with zero attached hydrogens (tertiary/aromatic N) is 3. The summed E-state index contributed by atoms with van der Waals surface area (Å²) in [6.07, 6.45) is 1.62. The third-order valence-corrected chi connectivity index (χ3v) is 3.10. The van der Waals surface area contributed by atoms with E-state index in [0.29, 0.717) is 17.9 Å². The van der Waals surface area contributed by atoms with E-state index in [1.165, 1.54) is 4.90 Å². The number of rotatable bonds is 5. The van der Waals surface area contributed by atoms with Gasteiger partial charge in [0.15, 0.2) is 0 Å². The largest absolute Gasteiger partial charge is 0.443 e. The third kappa shape index (κ3) is 5.31. The maximum atomic E-state index is 12.6. The lowest BCUT2D eigenvalue weighted by Crippen LogP contribution is -2.37. The van der Waals surface area contributed by atoms with Gasteiger partial charge in [-0.3, -0.25) is 9.88 Å². The average molecular weight is 329 g/mol. The molecule has 2 rings (SSSR count). The quantitative estimate of drug-likeness (QED) is 0.913. The van der Waals surface area contributed by atoms with Crippen molar-refractivity contribution in [2.75, 3.05) is 11.5 Å². The Morgan fingerprint density at radius 3 is 2.54 bits per heavy atom. The summed E-state index contributed by atoms with van der Waals surface area (Å²) < 4.78 is 5.50. The molecule has 0 unspecified atom stereocenters. The number of ether oxygens (including phenoxy) is 1. The number of carbonyl (C=O) groups excluding carboxylic acids is 1. The lowest BCUT2D eigenvalue weighted by atomic mass is 10.2. The van der Waals surface area contributed by atoms with Crippen LogP contribution in [0.4, 0.5) is 10.6 Å². The lowest BCUT2D eigenvalue weighted by Gasteiger charge is -2.26. The van der Waals surface area contributed by atoms with Crippen LogP contribution < -0.4 is 4.90 Å². The Bertz CT molecular complexity index is 669. The summed E-state index contributed by atoms with van der Waals surface area (Å²) in [7, 11) is 0.